The zero-order chi connectivity index (χ0) is 23.2. The quantitative estimate of drug-likeness (QED) is 0.313. The molecule has 7 nitrogen and oxygen atoms in total. The van der Waals surface area contributed by atoms with Crippen LogP contribution in [0.3, 0.4) is 0 Å². The molecule has 3 heterocycles. The average molecular weight is 538 g/mol. The molecule has 2 aliphatic carbocycles. The number of imidazole rings is 1. The maximum atomic E-state index is 12.7. The fourth-order valence-electron chi connectivity index (χ4n) is 4.37. The van der Waals surface area contributed by atoms with Gasteiger partial charge in [0.15, 0.2) is 5.65 Å². The summed E-state index contributed by atoms with van der Waals surface area (Å²) in [5.41, 5.74) is 4.25. The highest BCUT2D eigenvalue weighted by Gasteiger charge is 2.44. The Kier molecular flexibility index (Phi) is 5.50. The summed E-state index contributed by atoms with van der Waals surface area (Å²) in [7, 11) is 0. The van der Waals surface area contributed by atoms with E-state index in [9.17, 15) is 4.79 Å². The third kappa shape index (κ3) is 4.52. The fourth-order valence-corrected chi connectivity index (χ4v) is 5.12. The van der Waals surface area contributed by atoms with Crippen molar-refractivity contribution in [1.29, 1.82) is 0 Å². The summed E-state index contributed by atoms with van der Waals surface area (Å²) in [5.74, 6) is 1.88. The van der Waals surface area contributed by atoms with Crippen LogP contribution in [0.2, 0.25) is 5.02 Å². The lowest BCUT2D eigenvalue weighted by molar-refractivity contribution is -0.117. The van der Waals surface area contributed by atoms with Gasteiger partial charge in [-0.2, -0.15) is 0 Å². The SMILES string of the molecule is O=C(Nc1cc(NCc2cn3cc(C4CC4)cc(Br)c3n2)ncn1)[C@H]1C[C@@H]1c1cccc(Cl)c1. The summed E-state index contributed by atoms with van der Waals surface area (Å²) >= 11 is 9.74. The standard InChI is InChI=1S/C25H22BrClN6O/c26-21-7-16(14-4-5-14)11-33-12-18(31-24(21)33)10-28-22-9-23(30-13-29-22)32-25(34)20-8-19(20)15-2-1-3-17(27)6-15/h1-3,6-7,9,11-14,19-20H,4-5,8,10H2,(H2,28,29,30,32,34)/t19-,20+/m1/s1. The number of rotatable bonds is 7. The minimum atomic E-state index is -0.0678. The number of aromatic nitrogens is 4. The van der Waals surface area contributed by atoms with Crippen LogP contribution in [0, 0.1) is 5.92 Å². The van der Waals surface area contributed by atoms with Crippen LogP contribution in [0.25, 0.3) is 5.65 Å². The van der Waals surface area contributed by atoms with Gasteiger partial charge in [-0.25, -0.2) is 15.0 Å². The van der Waals surface area contributed by atoms with Crippen LogP contribution in [-0.2, 0) is 11.3 Å². The minimum Gasteiger partial charge on any atom is -0.364 e. The lowest BCUT2D eigenvalue weighted by atomic mass is 10.1. The number of hydrogen-bond acceptors (Lipinski definition) is 5. The summed E-state index contributed by atoms with van der Waals surface area (Å²) < 4.78 is 3.08. The second kappa shape index (κ2) is 8.67. The summed E-state index contributed by atoms with van der Waals surface area (Å²) in [4.78, 5) is 25.9. The summed E-state index contributed by atoms with van der Waals surface area (Å²) in [6.45, 7) is 0.511. The highest BCUT2D eigenvalue weighted by molar-refractivity contribution is 9.10. The first-order valence-electron chi connectivity index (χ1n) is 11.3. The predicted octanol–water partition coefficient (Wildman–Crippen LogP) is 5.77. The van der Waals surface area contributed by atoms with Crippen LogP contribution in [0.1, 0.15) is 47.9 Å². The highest BCUT2D eigenvalue weighted by Crippen LogP contribution is 2.48. The van der Waals surface area contributed by atoms with Gasteiger partial charge < -0.3 is 15.0 Å². The molecule has 0 radical (unpaired) electrons. The first kappa shape index (κ1) is 21.6. The Hall–Kier alpha value is -2.97. The number of nitrogens with zero attached hydrogens (tertiary/aromatic N) is 4. The summed E-state index contributed by atoms with van der Waals surface area (Å²) in [6.07, 6.45) is 8.98. The van der Waals surface area contributed by atoms with Crippen molar-refractivity contribution < 1.29 is 4.79 Å². The van der Waals surface area contributed by atoms with Gasteiger partial charge >= 0.3 is 0 Å². The molecule has 2 fully saturated rings. The van der Waals surface area contributed by atoms with Crippen LogP contribution < -0.4 is 10.6 Å². The normalized spacial score (nSPS) is 19.2. The van der Waals surface area contributed by atoms with Gasteiger partial charge in [0, 0.05) is 29.4 Å². The van der Waals surface area contributed by atoms with E-state index >= 15 is 0 Å². The van der Waals surface area contributed by atoms with E-state index in [4.69, 9.17) is 16.6 Å². The fraction of sp³-hybridized carbons (Fsp3) is 0.280. The number of benzene rings is 1. The van der Waals surface area contributed by atoms with Crippen LogP contribution >= 0.6 is 27.5 Å². The molecule has 2 N–H and O–H groups in total. The lowest BCUT2D eigenvalue weighted by Gasteiger charge is -2.07. The van der Waals surface area contributed by atoms with Crippen molar-refractivity contribution in [2.75, 3.05) is 10.6 Å². The molecule has 0 bridgehead atoms. The Balaban J connectivity index is 1.09. The topological polar surface area (TPSA) is 84.2 Å². The van der Waals surface area contributed by atoms with Crippen LogP contribution in [0.5, 0.6) is 0 Å². The maximum Gasteiger partial charge on any atom is 0.229 e. The minimum absolute atomic E-state index is 0.0358. The van der Waals surface area contributed by atoms with Gasteiger partial charge in [0.2, 0.25) is 5.91 Å². The van der Waals surface area contributed by atoms with Crippen LogP contribution in [-0.4, -0.2) is 25.3 Å². The second-order valence-corrected chi connectivity index (χ2v) is 10.3. The Morgan fingerprint density at radius 1 is 1.12 bits per heavy atom. The molecule has 172 valence electrons. The van der Waals surface area contributed by atoms with Crippen molar-refractivity contribution >= 4 is 50.7 Å². The number of pyridine rings is 1. The maximum absolute atomic E-state index is 12.7. The molecule has 0 spiro atoms. The Morgan fingerprint density at radius 2 is 1.97 bits per heavy atom. The third-order valence-electron chi connectivity index (χ3n) is 6.40. The molecule has 2 atom stereocenters. The van der Waals surface area contributed by atoms with E-state index in [0.29, 0.717) is 29.1 Å². The molecule has 1 amide bonds. The van der Waals surface area contributed by atoms with Crippen molar-refractivity contribution in [1.82, 2.24) is 19.4 Å². The number of fused-ring (bicyclic) bond motifs is 1. The molecule has 1 aromatic carbocycles. The van der Waals surface area contributed by atoms with Crippen molar-refractivity contribution in [2.24, 2.45) is 5.92 Å². The number of amides is 1. The van der Waals surface area contributed by atoms with Crippen molar-refractivity contribution in [3.63, 3.8) is 0 Å². The van der Waals surface area contributed by atoms with Gasteiger partial charge in [-0.05, 0) is 76.4 Å². The van der Waals surface area contributed by atoms with Crippen molar-refractivity contribution in [3.05, 3.63) is 81.4 Å². The van der Waals surface area contributed by atoms with Gasteiger partial charge in [-0.1, -0.05) is 23.7 Å². The van der Waals surface area contributed by atoms with E-state index < -0.39 is 0 Å². The zero-order valence-corrected chi connectivity index (χ0v) is 20.6. The Labute approximate surface area is 210 Å². The van der Waals surface area contributed by atoms with Crippen LogP contribution in [0.4, 0.5) is 11.6 Å². The summed E-state index contributed by atoms with van der Waals surface area (Å²) in [5, 5.41) is 6.89. The molecule has 6 rings (SSSR count). The van der Waals surface area contributed by atoms with E-state index in [1.165, 1.54) is 24.7 Å². The molecule has 0 unspecified atom stereocenters. The molecular formula is C25H22BrClN6O. The van der Waals surface area contributed by atoms with Gasteiger partial charge in [-0.3, -0.25) is 4.79 Å². The first-order chi connectivity index (χ1) is 16.5. The largest absolute Gasteiger partial charge is 0.364 e. The number of nitrogens with one attached hydrogen (secondary N) is 2. The molecule has 0 aliphatic heterocycles. The van der Waals surface area contributed by atoms with E-state index in [2.05, 4.69) is 53.2 Å². The number of carbonyl (C=O) groups is 1. The Morgan fingerprint density at radius 3 is 2.79 bits per heavy atom. The van der Waals surface area contributed by atoms with Crippen molar-refractivity contribution in [3.8, 4) is 0 Å². The van der Waals surface area contributed by atoms with Crippen molar-refractivity contribution in [2.45, 2.75) is 37.6 Å². The van der Waals surface area contributed by atoms with Gasteiger partial charge in [0.25, 0.3) is 0 Å². The zero-order valence-electron chi connectivity index (χ0n) is 18.2. The second-order valence-electron chi connectivity index (χ2n) is 8.99. The van der Waals surface area contributed by atoms with Gasteiger partial charge in [0.1, 0.15) is 18.0 Å². The molecule has 0 saturated heterocycles. The van der Waals surface area contributed by atoms with E-state index in [1.807, 2.05) is 30.5 Å². The summed E-state index contributed by atoms with van der Waals surface area (Å²) in [6, 6.07) is 11.6. The lowest BCUT2D eigenvalue weighted by Crippen LogP contribution is -2.16. The van der Waals surface area contributed by atoms with E-state index in [0.717, 1.165) is 27.8 Å². The average Bonchev–Trinajstić information content (AvgIpc) is 3.74. The first-order valence-corrected chi connectivity index (χ1v) is 12.5. The molecule has 2 aliphatic rings. The Bertz CT molecular complexity index is 1400. The monoisotopic (exact) mass is 536 g/mol. The number of hydrogen-bond donors (Lipinski definition) is 2. The molecule has 2 saturated carbocycles. The molecule has 4 aromatic rings. The van der Waals surface area contributed by atoms with E-state index in [1.54, 1.807) is 6.07 Å². The van der Waals surface area contributed by atoms with Gasteiger partial charge in [0.05, 0.1) is 16.7 Å². The third-order valence-corrected chi connectivity index (χ3v) is 7.22. The van der Waals surface area contributed by atoms with Gasteiger partial charge in [-0.15, -0.1) is 0 Å². The highest BCUT2D eigenvalue weighted by atomic mass is 79.9. The molecular weight excluding hydrogens is 516 g/mol. The van der Waals surface area contributed by atoms with E-state index in [-0.39, 0.29) is 17.7 Å². The smallest absolute Gasteiger partial charge is 0.229 e. The molecule has 9 heteroatoms. The van der Waals surface area contributed by atoms with Crippen LogP contribution in [0.15, 0.2) is 59.6 Å². The molecule has 34 heavy (non-hydrogen) atoms. The predicted molar refractivity (Wildman–Crippen MR) is 135 cm³/mol. The number of halogens is 2. The number of anilines is 2. The molecule has 3 aromatic heterocycles. The number of carbonyl (C=O) groups excluding carboxylic acids is 1.